The number of ether oxygens (including phenoxy) is 1. The van der Waals surface area contributed by atoms with Crippen molar-refractivity contribution >= 4 is 33.4 Å². The van der Waals surface area contributed by atoms with Gasteiger partial charge in [-0.3, -0.25) is 9.59 Å². The Balaban J connectivity index is 2.00. The number of hydrogen-bond acceptors (Lipinski definition) is 3. The summed E-state index contributed by atoms with van der Waals surface area (Å²) in [5.41, 5.74) is 6.03. The van der Waals surface area contributed by atoms with E-state index in [1.54, 1.807) is 37.3 Å². The second kappa shape index (κ2) is 7.09. The molecule has 5 nitrogen and oxygen atoms in total. The predicted molar refractivity (Wildman–Crippen MR) is 87.8 cm³/mol. The van der Waals surface area contributed by atoms with Crippen molar-refractivity contribution in [3.8, 4) is 5.75 Å². The molecule has 6 heteroatoms. The molecule has 0 saturated heterocycles. The quantitative estimate of drug-likeness (QED) is 0.857. The van der Waals surface area contributed by atoms with E-state index in [1.807, 2.05) is 12.1 Å². The minimum atomic E-state index is -0.682. The lowest BCUT2D eigenvalue weighted by Crippen LogP contribution is -2.30. The largest absolute Gasteiger partial charge is 0.481 e. The van der Waals surface area contributed by atoms with E-state index in [9.17, 15) is 9.59 Å². The summed E-state index contributed by atoms with van der Waals surface area (Å²) in [6, 6.07) is 13.6. The van der Waals surface area contributed by atoms with Gasteiger partial charge in [-0.05, 0) is 49.4 Å². The molecule has 0 aromatic heterocycles. The van der Waals surface area contributed by atoms with E-state index in [0.717, 1.165) is 4.47 Å². The summed E-state index contributed by atoms with van der Waals surface area (Å²) < 4.78 is 6.49. The summed E-state index contributed by atoms with van der Waals surface area (Å²) in [6.07, 6.45) is -0.682. The van der Waals surface area contributed by atoms with Crippen molar-refractivity contribution in [2.24, 2.45) is 5.73 Å². The number of nitrogens with one attached hydrogen (secondary N) is 1. The molecule has 22 heavy (non-hydrogen) atoms. The highest BCUT2D eigenvalue weighted by Crippen LogP contribution is 2.18. The molecule has 2 rings (SSSR count). The average Bonchev–Trinajstić information content (AvgIpc) is 2.49. The van der Waals surface area contributed by atoms with Crippen molar-refractivity contribution in [2.45, 2.75) is 13.0 Å². The number of benzene rings is 2. The molecule has 0 heterocycles. The van der Waals surface area contributed by atoms with Crippen LogP contribution in [-0.4, -0.2) is 17.9 Å². The van der Waals surface area contributed by atoms with Gasteiger partial charge in [-0.2, -0.15) is 0 Å². The SMILES string of the molecule is CC(Oc1ccc(Br)cc1)C(=O)Nc1cccc(C(N)=O)c1. The van der Waals surface area contributed by atoms with E-state index >= 15 is 0 Å². The molecular weight excluding hydrogens is 348 g/mol. The van der Waals surface area contributed by atoms with Gasteiger partial charge in [-0.15, -0.1) is 0 Å². The molecule has 114 valence electrons. The minimum Gasteiger partial charge on any atom is -0.481 e. The van der Waals surface area contributed by atoms with Crippen LogP contribution in [0.4, 0.5) is 5.69 Å². The van der Waals surface area contributed by atoms with Gasteiger partial charge in [0, 0.05) is 15.7 Å². The summed E-state index contributed by atoms with van der Waals surface area (Å²) in [7, 11) is 0. The number of nitrogens with two attached hydrogens (primary N) is 1. The highest BCUT2D eigenvalue weighted by molar-refractivity contribution is 9.10. The first-order valence-electron chi connectivity index (χ1n) is 6.58. The number of amides is 2. The van der Waals surface area contributed by atoms with Crippen molar-refractivity contribution in [3.63, 3.8) is 0 Å². The Morgan fingerprint density at radius 1 is 1.18 bits per heavy atom. The molecule has 0 radical (unpaired) electrons. The molecule has 0 fully saturated rings. The smallest absolute Gasteiger partial charge is 0.265 e. The Hall–Kier alpha value is -2.34. The highest BCUT2D eigenvalue weighted by Gasteiger charge is 2.15. The average molecular weight is 363 g/mol. The van der Waals surface area contributed by atoms with Crippen LogP contribution in [0.2, 0.25) is 0 Å². The predicted octanol–water partition coefficient (Wildman–Crippen LogP) is 2.95. The zero-order chi connectivity index (χ0) is 16.1. The fourth-order valence-electron chi connectivity index (χ4n) is 1.76. The number of anilines is 1. The van der Waals surface area contributed by atoms with Crippen molar-refractivity contribution in [3.05, 3.63) is 58.6 Å². The van der Waals surface area contributed by atoms with E-state index in [4.69, 9.17) is 10.5 Å². The molecule has 2 amide bonds. The third kappa shape index (κ3) is 4.33. The Morgan fingerprint density at radius 3 is 2.50 bits per heavy atom. The Morgan fingerprint density at radius 2 is 1.86 bits per heavy atom. The molecule has 1 atom stereocenters. The maximum Gasteiger partial charge on any atom is 0.265 e. The number of halogens is 1. The molecule has 0 aliphatic heterocycles. The monoisotopic (exact) mass is 362 g/mol. The van der Waals surface area contributed by atoms with Gasteiger partial charge in [0.1, 0.15) is 5.75 Å². The van der Waals surface area contributed by atoms with Crippen LogP contribution in [0, 0.1) is 0 Å². The molecule has 2 aromatic carbocycles. The summed E-state index contributed by atoms with van der Waals surface area (Å²) in [4.78, 5) is 23.2. The number of carbonyl (C=O) groups is 2. The van der Waals surface area contributed by atoms with Crippen molar-refractivity contribution in [1.29, 1.82) is 0 Å². The minimum absolute atomic E-state index is 0.315. The van der Waals surface area contributed by atoms with Crippen LogP contribution in [0.1, 0.15) is 17.3 Å². The van der Waals surface area contributed by atoms with Crippen LogP contribution in [0.3, 0.4) is 0 Å². The summed E-state index contributed by atoms with van der Waals surface area (Å²) in [6.45, 7) is 1.65. The van der Waals surface area contributed by atoms with Crippen LogP contribution in [0.25, 0.3) is 0 Å². The van der Waals surface area contributed by atoms with E-state index < -0.39 is 12.0 Å². The maximum absolute atomic E-state index is 12.1. The van der Waals surface area contributed by atoms with Crippen LogP contribution >= 0.6 is 15.9 Å². The molecule has 0 aliphatic carbocycles. The van der Waals surface area contributed by atoms with Crippen molar-refractivity contribution < 1.29 is 14.3 Å². The molecule has 0 bridgehead atoms. The second-order valence-electron chi connectivity index (χ2n) is 4.65. The normalized spacial score (nSPS) is 11.5. The van der Waals surface area contributed by atoms with E-state index in [-0.39, 0.29) is 5.91 Å². The fraction of sp³-hybridized carbons (Fsp3) is 0.125. The van der Waals surface area contributed by atoms with Gasteiger partial charge < -0.3 is 15.8 Å². The first-order valence-corrected chi connectivity index (χ1v) is 7.38. The van der Waals surface area contributed by atoms with Crippen molar-refractivity contribution in [2.75, 3.05) is 5.32 Å². The topological polar surface area (TPSA) is 81.4 Å². The Bertz CT molecular complexity index is 686. The number of hydrogen-bond donors (Lipinski definition) is 2. The summed E-state index contributed by atoms with van der Waals surface area (Å²) >= 11 is 3.33. The second-order valence-corrected chi connectivity index (χ2v) is 5.56. The van der Waals surface area contributed by atoms with Crippen molar-refractivity contribution in [1.82, 2.24) is 0 Å². The summed E-state index contributed by atoms with van der Waals surface area (Å²) in [5.74, 6) is -0.267. The van der Waals surface area contributed by atoms with Gasteiger partial charge in [-0.25, -0.2) is 0 Å². The standard InChI is InChI=1S/C16H15BrN2O3/c1-10(22-14-7-5-12(17)6-8-14)16(21)19-13-4-2-3-11(9-13)15(18)20/h2-10H,1H3,(H2,18,20)(H,19,21). The maximum atomic E-state index is 12.1. The van der Waals surface area contributed by atoms with Gasteiger partial charge in [0.2, 0.25) is 5.91 Å². The third-order valence-corrected chi connectivity index (χ3v) is 3.44. The number of carbonyl (C=O) groups excluding carboxylic acids is 2. The third-order valence-electron chi connectivity index (χ3n) is 2.91. The van der Waals surface area contributed by atoms with Gasteiger partial charge >= 0.3 is 0 Å². The summed E-state index contributed by atoms with van der Waals surface area (Å²) in [5, 5.41) is 2.69. The Labute approximate surface area is 136 Å². The number of rotatable bonds is 5. The molecule has 3 N–H and O–H groups in total. The molecule has 0 aliphatic rings. The first kappa shape index (κ1) is 16.0. The number of primary amides is 1. The van der Waals surface area contributed by atoms with E-state index in [2.05, 4.69) is 21.2 Å². The van der Waals surface area contributed by atoms with Gasteiger partial charge in [0.15, 0.2) is 6.10 Å². The lowest BCUT2D eigenvalue weighted by molar-refractivity contribution is -0.122. The highest BCUT2D eigenvalue weighted by atomic mass is 79.9. The first-order chi connectivity index (χ1) is 10.5. The van der Waals surface area contributed by atoms with Gasteiger partial charge in [0.05, 0.1) is 0 Å². The Kier molecular flexibility index (Phi) is 5.16. The zero-order valence-electron chi connectivity index (χ0n) is 11.9. The molecular formula is C16H15BrN2O3. The molecule has 0 saturated carbocycles. The lowest BCUT2D eigenvalue weighted by Gasteiger charge is -2.15. The van der Waals surface area contributed by atoms with Gasteiger partial charge in [-0.1, -0.05) is 22.0 Å². The lowest BCUT2D eigenvalue weighted by atomic mass is 10.2. The fourth-order valence-corrected chi connectivity index (χ4v) is 2.03. The molecule has 2 aromatic rings. The molecule has 1 unspecified atom stereocenters. The van der Waals surface area contributed by atoms with Crippen LogP contribution in [0.15, 0.2) is 53.0 Å². The van der Waals surface area contributed by atoms with E-state index in [0.29, 0.717) is 17.0 Å². The van der Waals surface area contributed by atoms with Gasteiger partial charge in [0.25, 0.3) is 5.91 Å². The van der Waals surface area contributed by atoms with Crippen LogP contribution in [0.5, 0.6) is 5.75 Å². The van der Waals surface area contributed by atoms with Crippen LogP contribution < -0.4 is 15.8 Å². The molecule has 0 spiro atoms. The van der Waals surface area contributed by atoms with Crippen LogP contribution in [-0.2, 0) is 4.79 Å². The van der Waals surface area contributed by atoms with E-state index in [1.165, 1.54) is 6.07 Å². The zero-order valence-corrected chi connectivity index (χ0v) is 13.5.